The molecule has 0 amide bonds. The minimum Gasteiger partial charge on any atom is -0.762 e. The van der Waals surface area contributed by atoms with Crippen molar-refractivity contribution in [1.29, 1.82) is 0 Å². The molecule has 7 nitrogen and oxygen atoms in total. The standard InChI is InChI=1S/C12H20N2O5/c1-3-7-18-13(16)11-6-5-10(15)9-12(11)14(17)19-8-4-2/h3-4,10-12,15H,1-2,5-9H2/q-2/t10-,11-,12+/m0/s1. The third-order valence-electron chi connectivity index (χ3n) is 2.93. The highest BCUT2D eigenvalue weighted by Gasteiger charge is 2.32. The number of aliphatic hydroxyl groups is 1. The quantitative estimate of drug-likeness (QED) is 0.522. The number of aliphatic hydroxyl groups excluding tert-OH is 1. The molecule has 7 heteroatoms. The van der Waals surface area contributed by atoms with Gasteiger partial charge < -0.3 is 25.2 Å². The van der Waals surface area contributed by atoms with E-state index in [0.29, 0.717) is 23.3 Å². The van der Waals surface area contributed by atoms with E-state index in [1.54, 1.807) is 0 Å². The fourth-order valence-corrected chi connectivity index (χ4v) is 2.03. The third-order valence-corrected chi connectivity index (χ3v) is 2.93. The van der Waals surface area contributed by atoms with Gasteiger partial charge in [-0.15, -0.1) is 13.2 Å². The van der Waals surface area contributed by atoms with Crippen LogP contribution in [0, 0.1) is 10.4 Å². The van der Waals surface area contributed by atoms with Crippen LogP contribution >= 0.6 is 0 Å². The Morgan fingerprint density at radius 3 is 2.11 bits per heavy atom. The molecule has 0 aromatic rings. The molecule has 1 N–H and O–H groups in total. The van der Waals surface area contributed by atoms with Crippen molar-refractivity contribution in [2.75, 3.05) is 13.2 Å². The van der Waals surface area contributed by atoms with Gasteiger partial charge in [-0.05, 0) is 19.3 Å². The Balaban J connectivity index is 2.63. The minimum atomic E-state index is -0.772. The number of hydroxylamine groups is 4. The lowest BCUT2D eigenvalue weighted by Gasteiger charge is -2.49. The normalized spacial score (nSPS) is 27.7. The van der Waals surface area contributed by atoms with E-state index in [4.69, 9.17) is 9.68 Å². The molecule has 1 saturated carbocycles. The summed E-state index contributed by atoms with van der Waals surface area (Å²) in [5.74, 6) is 0. The summed E-state index contributed by atoms with van der Waals surface area (Å²) < 4.78 is 0. The maximum atomic E-state index is 11.8. The van der Waals surface area contributed by atoms with E-state index in [1.807, 2.05) is 0 Å². The Morgan fingerprint density at radius 1 is 1.05 bits per heavy atom. The second-order valence-electron chi connectivity index (χ2n) is 4.34. The number of hydrogen-bond donors (Lipinski definition) is 1. The van der Waals surface area contributed by atoms with E-state index in [2.05, 4.69) is 13.2 Å². The topological polar surface area (TPSA) is 91.3 Å². The van der Waals surface area contributed by atoms with Gasteiger partial charge in [-0.25, -0.2) is 0 Å². The summed E-state index contributed by atoms with van der Waals surface area (Å²) in [6, 6.07) is -1.45. The molecule has 0 aromatic carbocycles. The lowest BCUT2D eigenvalue weighted by molar-refractivity contribution is -0.214. The van der Waals surface area contributed by atoms with Gasteiger partial charge in [0.2, 0.25) is 0 Å². The Labute approximate surface area is 112 Å². The van der Waals surface area contributed by atoms with E-state index >= 15 is 0 Å². The summed E-state index contributed by atoms with van der Waals surface area (Å²) in [6.07, 6.45) is 3.25. The molecule has 0 bridgehead atoms. The Kier molecular flexibility index (Phi) is 7.17. The van der Waals surface area contributed by atoms with Gasteiger partial charge in [0.1, 0.15) is 0 Å². The molecule has 0 radical (unpaired) electrons. The van der Waals surface area contributed by atoms with Crippen LogP contribution in [0.5, 0.6) is 0 Å². The Bertz CT molecular complexity index is 289. The zero-order valence-electron chi connectivity index (χ0n) is 10.8. The highest BCUT2D eigenvalue weighted by Crippen LogP contribution is 2.27. The van der Waals surface area contributed by atoms with E-state index in [0.717, 1.165) is 0 Å². The monoisotopic (exact) mass is 272 g/mol. The highest BCUT2D eigenvalue weighted by atomic mass is 16.9. The highest BCUT2D eigenvalue weighted by molar-refractivity contribution is 4.90. The predicted octanol–water partition coefficient (Wildman–Crippen LogP) is 1.10. The van der Waals surface area contributed by atoms with Crippen molar-refractivity contribution < 1.29 is 14.8 Å². The van der Waals surface area contributed by atoms with Crippen molar-refractivity contribution in [3.8, 4) is 0 Å². The summed E-state index contributed by atoms with van der Waals surface area (Å²) >= 11 is 0. The SMILES string of the molecule is C=CCON([O-])[C@@H]1C[C@@H](O)CC[C@@H]1N([O-])OCC=C. The second-order valence-corrected chi connectivity index (χ2v) is 4.34. The van der Waals surface area contributed by atoms with Gasteiger partial charge in [-0.1, -0.05) is 12.2 Å². The Hall–Kier alpha value is -0.800. The first-order valence-electron chi connectivity index (χ1n) is 6.18. The van der Waals surface area contributed by atoms with Crippen LogP contribution in [-0.2, 0) is 9.68 Å². The van der Waals surface area contributed by atoms with Gasteiger partial charge in [-0.2, -0.15) is 0 Å². The average molecular weight is 272 g/mol. The first-order chi connectivity index (χ1) is 9.10. The molecular formula is C12H20N2O5-2. The molecular weight excluding hydrogens is 252 g/mol. The van der Waals surface area contributed by atoms with Crippen LogP contribution < -0.4 is 0 Å². The van der Waals surface area contributed by atoms with Crippen LogP contribution in [0.2, 0.25) is 0 Å². The molecule has 110 valence electrons. The van der Waals surface area contributed by atoms with Crippen molar-refractivity contribution in [2.24, 2.45) is 0 Å². The molecule has 19 heavy (non-hydrogen) atoms. The lowest BCUT2D eigenvalue weighted by atomic mass is 9.89. The first kappa shape index (κ1) is 16.3. The van der Waals surface area contributed by atoms with Gasteiger partial charge >= 0.3 is 0 Å². The molecule has 0 aliphatic heterocycles. The van der Waals surface area contributed by atoms with Crippen molar-refractivity contribution in [3.05, 3.63) is 35.7 Å². The van der Waals surface area contributed by atoms with Gasteiger partial charge in [0.05, 0.1) is 19.3 Å². The predicted molar refractivity (Wildman–Crippen MR) is 70.1 cm³/mol. The molecule has 0 saturated heterocycles. The largest absolute Gasteiger partial charge is 0.762 e. The molecule has 0 heterocycles. The van der Waals surface area contributed by atoms with E-state index in [1.165, 1.54) is 12.2 Å². The molecule has 1 aliphatic carbocycles. The molecule has 3 atom stereocenters. The maximum absolute atomic E-state index is 11.8. The number of rotatable bonds is 8. The molecule has 1 aliphatic rings. The van der Waals surface area contributed by atoms with E-state index < -0.39 is 18.2 Å². The molecule has 1 rings (SSSR count). The van der Waals surface area contributed by atoms with Crippen LogP contribution in [-0.4, -0.2) is 47.0 Å². The number of hydrogen-bond acceptors (Lipinski definition) is 7. The van der Waals surface area contributed by atoms with Gasteiger partial charge in [0.15, 0.2) is 0 Å². The van der Waals surface area contributed by atoms with Gasteiger partial charge in [0.25, 0.3) is 0 Å². The number of nitrogens with zero attached hydrogens (tertiary/aromatic N) is 2. The van der Waals surface area contributed by atoms with Crippen molar-refractivity contribution >= 4 is 0 Å². The summed E-state index contributed by atoms with van der Waals surface area (Å²) in [5, 5.41) is 33.9. The lowest BCUT2D eigenvalue weighted by Crippen LogP contribution is -2.52. The smallest absolute Gasteiger partial charge is 0.0852 e. The van der Waals surface area contributed by atoms with Crippen LogP contribution in [0.1, 0.15) is 19.3 Å². The van der Waals surface area contributed by atoms with Gasteiger partial charge in [0, 0.05) is 12.1 Å². The molecule has 0 aromatic heterocycles. The van der Waals surface area contributed by atoms with Crippen LogP contribution in [0.15, 0.2) is 25.3 Å². The van der Waals surface area contributed by atoms with Crippen LogP contribution in [0.3, 0.4) is 0 Å². The van der Waals surface area contributed by atoms with Crippen molar-refractivity contribution in [3.63, 3.8) is 0 Å². The van der Waals surface area contributed by atoms with E-state index in [9.17, 15) is 15.5 Å². The summed E-state index contributed by atoms with van der Waals surface area (Å²) in [4.78, 5) is 9.76. The maximum Gasteiger partial charge on any atom is 0.0852 e. The van der Waals surface area contributed by atoms with Crippen molar-refractivity contribution in [1.82, 2.24) is 10.5 Å². The van der Waals surface area contributed by atoms with Crippen LogP contribution in [0.4, 0.5) is 0 Å². The summed E-state index contributed by atoms with van der Waals surface area (Å²) in [6.45, 7) is 7.01. The van der Waals surface area contributed by atoms with Crippen molar-refractivity contribution in [2.45, 2.75) is 37.5 Å². The molecule has 1 fully saturated rings. The first-order valence-corrected chi connectivity index (χ1v) is 6.18. The Morgan fingerprint density at radius 2 is 1.58 bits per heavy atom. The zero-order valence-corrected chi connectivity index (χ0v) is 10.8. The van der Waals surface area contributed by atoms with Crippen LogP contribution in [0.25, 0.3) is 0 Å². The summed E-state index contributed by atoms with van der Waals surface area (Å²) in [5.41, 5.74) is 0. The third kappa shape index (κ3) is 5.00. The minimum absolute atomic E-state index is 0.0508. The zero-order chi connectivity index (χ0) is 14.3. The fraction of sp³-hybridized carbons (Fsp3) is 0.667. The average Bonchev–Trinajstić information content (AvgIpc) is 2.41. The second kappa shape index (κ2) is 8.39. The van der Waals surface area contributed by atoms with Gasteiger partial charge in [-0.3, -0.25) is 10.5 Å². The molecule has 0 spiro atoms. The fourth-order valence-electron chi connectivity index (χ4n) is 2.03. The van der Waals surface area contributed by atoms with E-state index in [-0.39, 0.29) is 19.6 Å². The summed E-state index contributed by atoms with van der Waals surface area (Å²) in [7, 11) is 0. The molecule has 0 unspecified atom stereocenters.